The summed E-state index contributed by atoms with van der Waals surface area (Å²) in [6, 6.07) is 0. The molecule has 0 radical (unpaired) electrons. The third-order valence-electron chi connectivity index (χ3n) is 1.88. The van der Waals surface area contributed by atoms with Crippen LogP contribution in [0.1, 0.15) is 27.2 Å². The van der Waals surface area contributed by atoms with Gasteiger partial charge in [0.25, 0.3) is 0 Å². The Morgan fingerprint density at radius 3 is 2.33 bits per heavy atom. The van der Waals surface area contributed by atoms with Gasteiger partial charge in [-0.1, -0.05) is 13.8 Å². The molecule has 0 fully saturated rings. The first-order chi connectivity index (χ1) is 7.02. The Balaban J connectivity index is 3.22. The molecule has 92 valence electrons. The quantitative estimate of drug-likeness (QED) is 0.491. The summed E-state index contributed by atoms with van der Waals surface area (Å²) in [4.78, 5) is 0. The van der Waals surface area contributed by atoms with E-state index in [9.17, 15) is 5.11 Å². The number of rotatable bonds is 9. The van der Waals surface area contributed by atoms with Gasteiger partial charge in [-0.2, -0.15) is 0 Å². The molecule has 0 saturated heterocycles. The smallest absolute Gasteiger partial charge is 0.0897 e. The monoisotopic (exact) mass is 219 g/mol. The van der Waals surface area contributed by atoms with Crippen LogP contribution in [0.4, 0.5) is 0 Å². The van der Waals surface area contributed by atoms with Crippen molar-refractivity contribution in [1.82, 2.24) is 5.32 Å². The van der Waals surface area contributed by atoms with Crippen molar-refractivity contribution in [1.29, 1.82) is 0 Å². The average Bonchev–Trinajstić information content (AvgIpc) is 2.11. The van der Waals surface area contributed by atoms with E-state index in [-0.39, 0.29) is 6.10 Å². The number of nitrogens with one attached hydrogen (secondary N) is 1. The van der Waals surface area contributed by atoms with Gasteiger partial charge in [0.2, 0.25) is 0 Å². The summed E-state index contributed by atoms with van der Waals surface area (Å²) >= 11 is 0. The van der Waals surface area contributed by atoms with Crippen LogP contribution in [0.15, 0.2) is 0 Å². The summed E-state index contributed by atoms with van der Waals surface area (Å²) in [7, 11) is 0. The van der Waals surface area contributed by atoms with Gasteiger partial charge in [0, 0.05) is 13.2 Å². The average molecular weight is 219 g/mol. The highest BCUT2D eigenvalue weighted by Gasteiger charge is 2.04. The summed E-state index contributed by atoms with van der Waals surface area (Å²) in [5.74, 6) is 0.500. The van der Waals surface area contributed by atoms with Crippen molar-refractivity contribution in [3.05, 3.63) is 0 Å². The maximum Gasteiger partial charge on any atom is 0.0897 e. The first kappa shape index (κ1) is 14.8. The minimum absolute atomic E-state index is 0.285. The molecule has 4 nitrogen and oxygen atoms in total. The van der Waals surface area contributed by atoms with Crippen molar-refractivity contribution in [3.8, 4) is 0 Å². The zero-order valence-corrected chi connectivity index (χ0v) is 10.1. The fourth-order valence-corrected chi connectivity index (χ4v) is 1.08. The van der Waals surface area contributed by atoms with Gasteiger partial charge in [-0.15, -0.1) is 0 Å². The van der Waals surface area contributed by atoms with Crippen LogP contribution in [-0.4, -0.2) is 48.7 Å². The molecule has 0 aliphatic carbocycles. The van der Waals surface area contributed by atoms with E-state index in [0.29, 0.717) is 32.1 Å². The van der Waals surface area contributed by atoms with Crippen LogP contribution in [0, 0.1) is 5.92 Å². The van der Waals surface area contributed by atoms with Crippen molar-refractivity contribution in [3.63, 3.8) is 0 Å². The molecule has 0 aromatic carbocycles. The third-order valence-corrected chi connectivity index (χ3v) is 1.88. The van der Waals surface area contributed by atoms with Gasteiger partial charge in [-0.25, -0.2) is 0 Å². The van der Waals surface area contributed by atoms with Crippen LogP contribution >= 0.6 is 0 Å². The summed E-state index contributed by atoms with van der Waals surface area (Å²) in [6.45, 7) is 8.21. The Labute approximate surface area is 92.6 Å². The van der Waals surface area contributed by atoms with Gasteiger partial charge < -0.3 is 20.3 Å². The molecule has 4 heteroatoms. The minimum atomic E-state index is -0.460. The van der Waals surface area contributed by atoms with Crippen molar-refractivity contribution in [2.24, 2.45) is 5.92 Å². The molecule has 0 spiro atoms. The molecular weight excluding hydrogens is 194 g/mol. The lowest BCUT2D eigenvalue weighted by Crippen LogP contribution is -2.32. The number of ether oxygens (including phenoxy) is 1. The Morgan fingerprint density at radius 2 is 1.80 bits per heavy atom. The largest absolute Gasteiger partial charge is 0.393 e. The molecule has 0 saturated carbocycles. The molecule has 0 aliphatic rings. The van der Waals surface area contributed by atoms with Crippen molar-refractivity contribution >= 4 is 0 Å². The fourth-order valence-electron chi connectivity index (χ4n) is 1.08. The second-order valence-corrected chi connectivity index (χ2v) is 4.43. The molecular formula is C11H25NO3. The van der Waals surface area contributed by atoms with Crippen molar-refractivity contribution < 1.29 is 14.9 Å². The first-order valence-corrected chi connectivity index (χ1v) is 5.67. The van der Waals surface area contributed by atoms with Gasteiger partial charge in [-0.05, 0) is 25.8 Å². The predicted molar refractivity (Wildman–Crippen MR) is 60.8 cm³/mol. The number of aliphatic hydroxyl groups is 2. The maximum atomic E-state index is 9.48. The Hall–Kier alpha value is -0.160. The molecule has 0 bridgehead atoms. The molecule has 0 aliphatic heterocycles. The van der Waals surface area contributed by atoms with Crippen molar-refractivity contribution in [2.45, 2.75) is 39.4 Å². The standard InChI is InChI=1S/C11H25NO3/c1-9(2)7-15-8-11(14)6-12-5-4-10(3)13/h9-14H,4-8H2,1-3H3. The molecule has 0 aromatic heterocycles. The van der Waals surface area contributed by atoms with Crippen LogP contribution < -0.4 is 5.32 Å². The zero-order valence-electron chi connectivity index (χ0n) is 10.1. The molecule has 2 unspecified atom stereocenters. The predicted octanol–water partition coefficient (Wildman–Crippen LogP) is 0.380. The van der Waals surface area contributed by atoms with Crippen LogP contribution in [0.2, 0.25) is 0 Å². The second kappa shape index (κ2) is 9.09. The van der Waals surface area contributed by atoms with Crippen LogP contribution in [0.25, 0.3) is 0 Å². The number of aliphatic hydroxyl groups excluding tert-OH is 2. The molecule has 0 aromatic rings. The van der Waals surface area contributed by atoms with E-state index in [1.807, 2.05) is 0 Å². The zero-order chi connectivity index (χ0) is 11.7. The van der Waals surface area contributed by atoms with Crippen LogP contribution in [-0.2, 0) is 4.74 Å². The summed E-state index contributed by atoms with van der Waals surface area (Å²) in [5, 5.41) is 21.5. The number of hydrogen-bond donors (Lipinski definition) is 3. The topological polar surface area (TPSA) is 61.7 Å². The Bertz CT molecular complexity index is 140. The van der Waals surface area contributed by atoms with E-state index in [0.717, 1.165) is 6.54 Å². The Morgan fingerprint density at radius 1 is 1.13 bits per heavy atom. The van der Waals surface area contributed by atoms with E-state index >= 15 is 0 Å². The molecule has 0 heterocycles. The molecule has 2 atom stereocenters. The van der Waals surface area contributed by atoms with Gasteiger partial charge in [0.15, 0.2) is 0 Å². The van der Waals surface area contributed by atoms with E-state index in [4.69, 9.17) is 9.84 Å². The Kier molecular flexibility index (Phi) is 9.00. The maximum absolute atomic E-state index is 9.48. The summed E-state index contributed by atoms with van der Waals surface area (Å²) < 4.78 is 5.30. The highest BCUT2D eigenvalue weighted by atomic mass is 16.5. The fraction of sp³-hybridized carbons (Fsp3) is 1.00. The van der Waals surface area contributed by atoms with Gasteiger partial charge in [0.1, 0.15) is 0 Å². The van der Waals surface area contributed by atoms with E-state index in [2.05, 4.69) is 19.2 Å². The second-order valence-electron chi connectivity index (χ2n) is 4.43. The SMILES string of the molecule is CC(C)COCC(O)CNCCC(C)O. The lowest BCUT2D eigenvalue weighted by Gasteiger charge is -2.13. The normalized spacial score (nSPS) is 15.6. The lowest BCUT2D eigenvalue weighted by molar-refractivity contribution is 0.0259. The van der Waals surface area contributed by atoms with Crippen LogP contribution in [0.5, 0.6) is 0 Å². The highest BCUT2D eigenvalue weighted by Crippen LogP contribution is 1.94. The summed E-state index contributed by atoms with van der Waals surface area (Å²) in [6.07, 6.45) is -0.0378. The van der Waals surface area contributed by atoms with Gasteiger partial charge >= 0.3 is 0 Å². The van der Waals surface area contributed by atoms with Crippen LogP contribution in [0.3, 0.4) is 0 Å². The van der Waals surface area contributed by atoms with Crippen molar-refractivity contribution in [2.75, 3.05) is 26.3 Å². The lowest BCUT2D eigenvalue weighted by atomic mass is 10.2. The molecule has 3 N–H and O–H groups in total. The minimum Gasteiger partial charge on any atom is -0.393 e. The van der Waals surface area contributed by atoms with E-state index in [1.165, 1.54) is 0 Å². The number of hydrogen-bond acceptors (Lipinski definition) is 4. The molecule has 0 amide bonds. The first-order valence-electron chi connectivity index (χ1n) is 5.67. The highest BCUT2D eigenvalue weighted by molar-refractivity contribution is 4.59. The molecule has 0 rings (SSSR count). The third kappa shape index (κ3) is 11.8. The van der Waals surface area contributed by atoms with E-state index in [1.54, 1.807) is 6.92 Å². The van der Waals surface area contributed by atoms with E-state index < -0.39 is 6.10 Å². The van der Waals surface area contributed by atoms with Gasteiger partial charge in [0.05, 0.1) is 18.8 Å². The van der Waals surface area contributed by atoms with Gasteiger partial charge in [-0.3, -0.25) is 0 Å². The summed E-state index contributed by atoms with van der Waals surface area (Å²) in [5.41, 5.74) is 0. The molecule has 15 heavy (non-hydrogen) atoms.